The summed E-state index contributed by atoms with van der Waals surface area (Å²) in [5.74, 6) is -1.35. The van der Waals surface area contributed by atoms with Crippen LogP contribution in [0.5, 0.6) is 0 Å². The molecule has 0 unspecified atom stereocenters. The molecule has 0 atom stereocenters. The fraction of sp³-hybridized carbons (Fsp3) is 0.400. The van der Waals surface area contributed by atoms with Gasteiger partial charge in [-0.05, 0) is 31.0 Å². The molecule has 0 spiro atoms. The van der Waals surface area contributed by atoms with Crippen molar-refractivity contribution in [1.82, 2.24) is 10.6 Å². The zero-order valence-corrected chi connectivity index (χ0v) is 12.7. The molecule has 0 aliphatic heterocycles. The zero-order chi connectivity index (χ0) is 15.9. The lowest BCUT2D eigenvalue weighted by Crippen LogP contribution is -2.44. The van der Waals surface area contributed by atoms with E-state index in [1.807, 2.05) is 0 Å². The number of nitrogens with one attached hydrogen (secondary N) is 2. The summed E-state index contributed by atoms with van der Waals surface area (Å²) in [6.45, 7) is -0.524. The minimum Gasteiger partial charge on any atom is -0.452 e. The SMILES string of the molecule is O=C(COC(=O)c1cccc(Cl)c1)NC(=O)NC1CCCC1. The molecule has 0 aromatic heterocycles. The molecular weight excluding hydrogens is 308 g/mol. The number of benzene rings is 1. The van der Waals surface area contributed by atoms with Crippen LogP contribution < -0.4 is 10.6 Å². The molecule has 22 heavy (non-hydrogen) atoms. The van der Waals surface area contributed by atoms with Gasteiger partial charge in [-0.2, -0.15) is 0 Å². The molecule has 1 aromatic carbocycles. The van der Waals surface area contributed by atoms with Gasteiger partial charge in [0.2, 0.25) is 0 Å². The molecule has 1 aliphatic carbocycles. The molecular formula is C15H17ClN2O4. The number of urea groups is 1. The average Bonchev–Trinajstić information content (AvgIpc) is 2.97. The van der Waals surface area contributed by atoms with Gasteiger partial charge in [0.05, 0.1) is 5.56 Å². The molecule has 7 heteroatoms. The first-order valence-electron chi connectivity index (χ1n) is 7.07. The van der Waals surface area contributed by atoms with Crippen LogP contribution in [0.4, 0.5) is 4.79 Å². The number of rotatable bonds is 4. The summed E-state index contributed by atoms with van der Waals surface area (Å²) < 4.78 is 4.83. The minimum absolute atomic E-state index is 0.113. The molecule has 0 bridgehead atoms. The van der Waals surface area contributed by atoms with Crippen LogP contribution in [0.15, 0.2) is 24.3 Å². The number of hydrogen-bond acceptors (Lipinski definition) is 4. The summed E-state index contributed by atoms with van der Waals surface area (Å²) in [5, 5.41) is 5.24. The van der Waals surface area contributed by atoms with Crippen molar-refractivity contribution in [3.8, 4) is 0 Å². The Morgan fingerprint density at radius 1 is 1.23 bits per heavy atom. The van der Waals surface area contributed by atoms with Gasteiger partial charge < -0.3 is 10.1 Å². The Kier molecular flexibility index (Phi) is 5.77. The topological polar surface area (TPSA) is 84.5 Å². The Hall–Kier alpha value is -2.08. The van der Waals surface area contributed by atoms with E-state index in [4.69, 9.17) is 16.3 Å². The molecule has 2 N–H and O–H groups in total. The van der Waals surface area contributed by atoms with Crippen LogP contribution in [0.2, 0.25) is 5.02 Å². The van der Waals surface area contributed by atoms with E-state index in [0.717, 1.165) is 25.7 Å². The zero-order valence-electron chi connectivity index (χ0n) is 11.9. The average molecular weight is 325 g/mol. The molecule has 1 aliphatic rings. The number of hydrogen-bond donors (Lipinski definition) is 2. The van der Waals surface area contributed by atoms with E-state index in [1.54, 1.807) is 12.1 Å². The Labute approximate surface area is 133 Å². The molecule has 3 amide bonds. The lowest BCUT2D eigenvalue weighted by Gasteiger charge is -2.12. The third kappa shape index (κ3) is 5.04. The summed E-state index contributed by atoms with van der Waals surface area (Å²) >= 11 is 5.76. The van der Waals surface area contributed by atoms with Crippen molar-refractivity contribution < 1.29 is 19.1 Å². The summed E-state index contributed by atoms with van der Waals surface area (Å²) in [5.41, 5.74) is 0.246. The number of esters is 1. The highest BCUT2D eigenvalue weighted by Crippen LogP contribution is 2.17. The van der Waals surface area contributed by atoms with E-state index >= 15 is 0 Å². The van der Waals surface area contributed by atoms with Crippen LogP contribution in [0.1, 0.15) is 36.0 Å². The quantitative estimate of drug-likeness (QED) is 0.832. The van der Waals surface area contributed by atoms with Crippen LogP contribution in [0.25, 0.3) is 0 Å². The van der Waals surface area contributed by atoms with Gasteiger partial charge in [0.1, 0.15) is 0 Å². The number of amides is 3. The summed E-state index contributed by atoms with van der Waals surface area (Å²) in [6, 6.07) is 5.75. The molecule has 1 aromatic rings. The Bertz CT molecular complexity index is 570. The van der Waals surface area contributed by atoms with Crippen molar-refractivity contribution >= 4 is 29.5 Å². The van der Waals surface area contributed by atoms with Crippen molar-refractivity contribution in [2.75, 3.05) is 6.61 Å². The van der Waals surface area contributed by atoms with Crippen molar-refractivity contribution in [3.63, 3.8) is 0 Å². The molecule has 1 fully saturated rings. The van der Waals surface area contributed by atoms with Crippen LogP contribution in [0, 0.1) is 0 Å². The third-order valence-corrected chi connectivity index (χ3v) is 3.57. The number of halogens is 1. The fourth-order valence-electron chi connectivity index (χ4n) is 2.28. The highest BCUT2D eigenvalue weighted by atomic mass is 35.5. The second-order valence-electron chi connectivity index (χ2n) is 5.09. The number of imide groups is 1. The maximum absolute atomic E-state index is 11.7. The molecule has 0 radical (unpaired) electrons. The van der Waals surface area contributed by atoms with Gasteiger partial charge in [-0.25, -0.2) is 9.59 Å². The summed E-state index contributed by atoms with van der Waals surface area (Å²) in [4.78, 5) is 34.8. The van der Waals surface area contributed by atoms with Crippen molar-refractivity contribution in [2.45, 2.75) is 31.7 Å². The second-order valence-corrected chi connectivity index (χ2v) is 5.53. The predicted molar refractivity (Wildman–Crippen MR) is 80.7 cm³/mol. The lowest BCUT2D eigenvalue weighted by atomic mass is 10.2. The first kappa shape index (κ1) is 16.3. The lowest BCUT2D eigenvalue weighted by molar-refractivity contribution is -0.123. The Morgan fingerprint density at radius 3 is 2.64 bits per heavy atom. The van der Waals surface area contributed by atoms with Crippen LogP contribution >= 0.6 is 11.6 Å². The first-order chi connectivity index (χ1) is 10.5. The van der Waals surface area contributed by atoms with E-state index < -0.39 is 24.5 Å². The smallest absolute Gasteiger partial charge is 0.338 e. The van der Waals surface area contributed by atoms with E-state index in [1.165, 1.54) is 12.1 Å². The van der Waals surface area contributed by atoms with Gasteiger partial charge in [0.25, 0.3) is 5.91 Å². The normalized spacial score (nSPS) is 14.4. The standard InChI is InChI=1S/C15H17ClN2O4/c16-11-5-3-4-10(8-11)14(20)22-9-13(19)18-15(21)17-12-6-1-2-7-12/h3-5,8,12H,1-2,6-7,9H2,(H2,17,18,19,21). The predicted octanol–water partition coefficient (Wildman–Crippen LogP) is 2.27. The van der Waals surface area contributed by atoms with Crippen molar-refractivity contribution in [1.29, 1.82) is 0 Å². The molecule has 6 nitrogen and oxygen atoms in total. The van der Waals surface area contributed by atoms with E-state index in [0.29, 0.717) is 5.02 Å². The maximum Gasteiger partial charge on any atom is 0.338 e. The second kappa shape index (κ2) is 7.79. The summed E-state index contributed by atoms with van der Waals surface area (Å²) in [7, 11) is 0. The molecule has 0 saturated heterocycles. The van der Waals surface area contributed by atoms with E-state index in [-0.39, 0.29) is 11.6 Å². The van der Waals surface area contributed by atoms with Crippen LogP contribution in [-0.4, -0.2) is 30.6 Å². The maximum atomic E-state index is 11.7. The number of carbonyl (C=O) groups is 3. The third-order valence-electron chi connectivity index (χ3n) is 3.34. The fourth-order valence-corrected chi connectivity index (χ4v) is 2.47. The number of ether oxygens (including phenoxy) is 1. The van der Waals surface area contributed by atoms with Crippen LogP contribution in [-0.2, 0) is 9.53 Å². The highest BCUT2D eigenvalue weighted by molar-refractivity contribution is 6.30. The first-order valence-corrected chi connectivity index (χ1v) is 7.45. The van der Waals surface area contributed by atoms with Crippen LogP contribution in [0.3, 0.4) is 0 Å². The molecule has 118 valence electrons. The number of carbonyl (C=O) groups excluding carboxylic acids is 3. The monoisotopic (exact) mass is 324 g/mol. The van der Waals surface area contributed by atoms with Gasteiger partial charge in [-0.3, -0.25) is 10.1 Å². The minimum atomic E-state index is -0.675. The van der Waals surface area contributed by atoms with Gasteiger partial charge in [-0.1, -0.05) is 30.5 Å². The Morgan fingerprint density at radius 2 is 1.95 bits per heavy atom. The van der Waals surface area contributed by atoms with Gasteiger partial charge >= 0.3 is 12.0 Å². The van der Waals surface area contributed by atoms with Crippen molar-refractivity contribution in [3.05, 3.63) is 34.9 Å². The summed E-state index contributed by atoms with van der Waals surface area (Å²) in [6.07, 6.45) is 4.00. The van der Waals surface area contributed by atoms with Gasteiger partial charge in [-0.15, -0.1) is 0 Å². The molecule has 0 heterocycles. The van der Waals surface area contributed by atoms with Gasteiger partial charge in [0, 0.05) is 11.1 Å². The van der Waals surface area contributed by atoms with E-state index in [2.05, 4.69) is 10.6 Å². The molecule has 1 saturated carbocycles. The van der Waals surface area contributed by atoms with E-state index in [9.17, 15) is 14.4 Å². The largest absolute Gasteiger partial charge is 0.452 e. The molecule has 2 rings (SSSR count). The Balaban J connectivity index is 1.72. The van der Waals surface area contributed by atoms with Crippen molar-refractivity contribution in [2.24, 2.45) is 0 Å². The van der Waals surface area contributed by atoms with Gasteiger partial charge in [0.15, 0.2) is 6.61 Å². The highest BCUT2D eigenvalue weighted by Gasteiger charge is 2.18.